The third kappa shape index (κ3) is 15.6. The van der Waals surface area contributed by atoms with Crippen molar-refractivity contribution < 1.29 is 73.5 Å². The number of carbonyl (C=O) groups excluding carboxylic acids is 8. The minimum atomic E-state index is -1.86. The number of nitrogens with zero attached hydrogens (tertiary/aromatic N) is 3. The van der Waals surface area contributed by atoms with Crippen LogP contribution in [-0.2, 0) is 54.5 Å². The zero-order valence-electron chi connectivity index (χ0n) is 38.9. The summed E-state index contributed by atoms with van der Waals surface area (Å²) in [6.07, 6.45) is 0.0973. The average molecular weight is 966 g/mol. The number of carbonyl (C=O) groups is 10. The highest BCUT2D eigenvalue weighted by Gasteiger charge is 2.39. The zero-order valence-corrected chi connectivity index (χ0v) is 37.9. The number of hydrogen-bond donors (Lipinski definition) is 8. The second kappa shape index (κ2) is 24.3. The van der Waals surface area contributed by atoms with E-state index in [1.807, 2.05) is 12.1 Å². The summed E-state index contributed by atoms with van der Waals surface area (Å²) in [5, 5.41) is 35.7. The fourth-order valence-electron chi connectivity index (χ4n) is 7.45. The maximum atomic E-state index is 15.3. The Hall–Kier alpha value is -7.82. The lowest BCUT2D eigenvalue weighted by Crippen LogP contribution is -2.56. The third-order valence-electron chi connectivity index (χ3n) is 10.7. The highest BCUT2D eigenvalue weighted by molar-refractivity contribution is 6.14. The van der Waals surface area contributed by atoms with E-state index < -0.39 is 159 Å². The number of rotatable bonds is 25. The van der Waals surface area contributed by atoms with Crippen LogP contribution in [0.25, 0.3) is 11.1 Å². The molecule has 0 bridgehead atoms. The SMILES string of the molecule is [2H]N(CCC(=O)N[C@@H](CCC(=O)O)C(=O)O)C(=O)[C@H](CCN(C(=O)CO)[C@@H](c1cc(-c2cc(F)ccc2F)cn1Cc1ccccc1)C(C)(C)C)NC(=O)[C@H](CC(N)=O)NC(=O)CN1C(=O)C=CC1=O. The van der Waals surface area contributed by atoms with Gasteiger partial charge in [0.25, 0.3) is 11.8 Å². The first-order chi connectivity index (χ1) is 32.9. The van der Waals surface area contributed by atoms with Crippen LogP contribution in [0.1, 0.15) is 70.2 Å². The van der Waals surface area contributed by atoms with Gasteiger partial charge in [0, 0.05) is 67.6 Å². The number of benzene rings is 2. The molecular formula is C46H54F2N8O13. The van der Waals surface area contributed by atoms with Gasteiger partial charge in [-0.3, -0.25) is 48.1 Å². The molecule has 1 aliphatic heterocycles. The van der Waals surface area contributed by atoms with Gasteiger partial charge in [0.15, 0.2) is 1.41 Å². The van der Waals surface area contributed by atoms with Crippen molar-refractivity contribution in [2.75, 3.05) is 26.2 Å². The lowest BCUT2D eigenvalue weighted by molar-refractivity contribution is -0.143. The molecule has 21 nitrogen and oxygen atoms in total. The number of aromatic nitrogens is 1. The number of nitrogens with one attached hydrogen (secondary N) is 4. The summed E-state index contributed by atoms with van der Waals surface area (Å²) in [5.74, 6) is -12.7. The highest BCUT2D eigenvalue weighted by atomic mass is 19.1. The number of nitrogens with two attached hydrogens (primary N) is 1. The molecule has 0 spiro atoms. The van der Waals surface area contributed by atoms with Crippen molar-refractivity contribution in [3.05, 3.63) is 95.8 Å². The first-order valence-corrected chi connectivity index (χ1v) is 21.5. The van der Waals surface area contributed by atoms with Crippen molar-refractivity contribution in [1.29, 1.82) is 0 Å². The Labute approximate surface area is 395 Å². The summed E-state index contributed by atoms with van der Waals surface area (Å²) in [7, 11) is 0. The fraction of sp³-hybridized carbons (Fsp3) is 0.391. The Morgan fingerprint density at radius 1 is 0.826 bits per heavy atom. The number of aliphatic hydroxyl groups is 1. The van der Waals surface area contributed by atoms with Crippen LogP contribution in [0, 0.1) is 17.0 Å². The molecule has 0 aliphatic carbocycles. The number of carboxylic acids is 2. The number of aliphatic carboxylic acids is 2. The van der Waals surface area contributed by atoms with E-state index in [-0.39, 0.29) is 23.0 Å². The smallest absolute Gasteiger partial charge is 0.326 e. The summed E-state index contributed by atoms with van der Waals surface area (Å²) in [4.78, 5) is 129. The summed E-state index contributed by atoms with van der Waals surface area (Å²) in [6.45, 7) is 2.15. The molecule has 0 fully saturated rings. The summed E-state index contributed by atoms with van der Waals surface area (Å²) < 4.78 is 40.1. The second-order valence-electron chi connectivity index (χ2n) is 17.0. The molecule has 0 saturated carbocycles. The topological polar surface area (TPSA) is 317 Å². The molecule has 4 rings (SSSR count). The Morgan fingerprint density at radius 3 is 2.07 bits per heavy atom. The van der Waals surface area contributed by atoms with E-state index in [0.717, 1.165) is 35.9 Å². The van der Waals surface area contributed by atoms with Crippen molar-refractivity contribution in [1.82, 2.24) is 35.6 Å². The van der Waals surface area contributed by atoms with Crippen LogP contribution in [-0.4, -0.2) is 133 Å². The maximum Gasteiger partial charge on any atom is 0.326 e. The van der Waals surface area contributed by atoms with E-state index in [1.165, 1.54) is 4.90 Å². The average Bonchev–Trinajstić information content (AvgIpc) is 3.84. The van der Waals surface area contributed by atoms with Gasteiger partial charge in [-0.1, -0.05) is 51.1 Å². The Morgan fingerprint density at radius 2 is 1.48 bits per heavy atom. The number of hydrogen-bond acceptors (Lipinski definition) is 11. The van der Waals surface area contributed by atoms with Gasteiger partial charge in [0.05, 0.1) is 12.5 Å². The van der Waals surface area contributed by atoms with Gasteiger partial charge in [-0.15, -0.1) is 0 Å². The molecule has 9 N–H and O–H groups in total. The van der Waals surface area contributed by atoms with Crippen molar-refractivity contribution in [2.45, 2.75) is 83.6 Å². The van der Waals surface area contributed by atoms with Gasteiger partial charge in [0.2, 0.25) is 35.4 Å². The van der Waals surface area contributed by atoms with Crippen LogP contribution in [0.2, 0.25) is 1.41 Å². The van der Waals surface area contributed by atoms with Gasteiger partial charge in [0.1, 0.15) is 42.9 Å². The number of imide groups is 1. The van der Waals surface area contributed by atoms with Gasteiger partial charge in [-0.05, 0) is 48.1 Å². The molecular weight excluding hydrogens is 911 g/mol. The van der Waals surface area contributed by atoms with Crippen LogP contribution in [0.4, 0.5) is 8.78 Å². The Balaban J connectivity index is 1.74. The van der Waals surface area contributed by atoms with E-state index in [9.17, 15) is 62.5 Å². The van der Waals surface area contributed by atoms with Crippen molar-refractivity contribution in [3.63, 3.8) is 0 Å². The summed E-state index contributed by atoms with van der Waals surface area (Å²) in [5.41, 5.74) is 5.65. The maximum absolute atomic E-state index is 15.3. The summed E-state index contributed by atoms with van der Waals surface area (Å²) in [6, 6.07) is 7.02. The number of aliphatic hydroxyl groups excluding tert-OH is 1. The highest BCUT2D eigenvalue weighted by Crippen LogP contribution is 2.41. The molecule has 69 heavy (non-hydrogen) atoms. The molecule has 8 amide bonds. The monoisotopic (exact) mass is 965 g/mol. The number of halogens is 2. The Kier molecular flexibility index (Phi) is 18.3. The quantitative estimate of drug-likeness (QED) is 0.0537. The third-order valence-corrected chi connectivity index (χ3v) is 10.7. The van der Waals surface area contributed by atoms with Crippen molar-refractivity contribution in [3.8, 4) is 11.1 Å². The normalized spacial score (nSPS) is 14.2. The molecule has 0 saturated heterocycles. The molecule has 1 aromatic heterocycles. The summed E-state index contributed by atoms with van der Waals surface area (Å²) >= 11 is 0. The van der Waals surface area contributed by atoms with E-state index >= 15 is 4.39 Å². The van der Waals surface area contributed by atoms with E-state index in [1.54, 1.807) is 55.8 Å². The lowest BCUT2D eigenvalue weighted by Gasteiger charge is -2.41. The minimum Gasteiger partial charge on any atom is -0.481 e. The van der Waals surface area contributed by atoms with Crippen LogP contribution in [0.15, 0.2) is 72.9 Å². The van der Waals surface area contributed by atoms with E-state index in [4.69, 9.17) is 12.3 Å². The molecule has 2 heterocycles. The molecule has 0 radical (unpaired) electrons. The van der Waals surface area contributed by atoms with Gasteiger partial charge >= 0.3 is 11.9 Å². The van der Waals surface area contributed by atoms with Gasteiger partial charge in [-0.25, -0.2) is 13.6 Å². The lowest BCUT2D eigenvalue weighted by atomic mass is 9.82. The fourth-order valence-corrected chi connectivity index (χ4v) is 7.45. The zero-order chi connectivity index (χ0) is 52.0. The number of amides is 8. The van der Waals surface area contributed by atoms with E-state index in [2.05, 4.69) is 16.0 Å². The standard InChI is InChI=1S/C46H54F2N8O13/c1-46(2,3)42(34-19-27(29-20-28(47)9-10-30(29)48)23-54(34)22-26-7-5-4-6-8-26)55(40(63)25-57)18-16-31(43(66)50-17-15-36(59)51-32(45(68)69)11-14-41(64)65)53-44(67)33(21-35(49)58)52-37(60)24-56-38(61)12-13-39(56)62/h4-10,12-13,19-20,23,31-33,42,57H,11,14-18,21-22,24-25H2,1-3H3,(H2,49,58)(H,50,66)(H,51,59)(H,52,60)(H,53,67)(H,64,65)(H,68,69)/t31-,32-,33-,42-/m0/s1/i/hD. The van der Waals surface area contributed by atoms with E-state index in [0.29, 0.717) is 10.6 Å². The molecule has 23 heteroatoms. The van der Waals surface area contributed by atoms with Crippen LogP contribution >= 0.6 is 0 Å². The van der Waals surface area contributed by atoms with Crippen LogP contribution in [0.3, 0.4) is 0 Å². The van der Waals surface area contributed by atoms with Crippen LogP contribution in [0.5, 0.6) is 0 Å². The molecule has 1 aliphatic rings. The van der Waals surface area contributed by atoms with Gasteiger partial charge < -0.3 is 51.8 Å². The van der Waals surface area contributed by atoms with Crippen molar-refractivity contribution >= 4 is 59.2 Å². The second-order valence-corrected chi connectivity index (χ2v) is 17.0. The molecule has 2 aromatic carbocycles. The first kappa shape index (κ1) is 52.2. The molecule has 4 atom stereocenters. The largest absolute Gasteiger partial charge is 0.481 e. The van der Waals surface area contributed by atoms with Crippen molar-refractivity contribution in [2.24, 2.45) is 11.1 Å². The minimum absolute atomic E-state index is 0.106. The Bertz CT molecular complexity index is 2500. The number of carboxylic acid groups (broad SMARTS) is 2. The van der Waals surface area contributed by atoms with Gasteiger partial charge in [-0.2, -0.15) is 0 Å². The predicted octanol–water partition coefficient (Wildman–Crippen LogP) is 0.490. The molecule has 3 aromatic rings. The number of primary amides is 1. The predicted molar refractivity (Wildman–Crippen MR) is 239 cm³/mol. The molecule has 0 unspecified atom stereocenters. The van der Waals surface area contributed by atoms with Crippen LogP contribution < -0.4 is 27.0 Å². The molecule has 370 valence electrons. The first-order valence-electron chi connectivity index (χ1n) is 21.9.